The lowest BCUT2D eigenvalue weighted by atomic mass is 10.1. The summed E-state index contributed by atoms with van der Waals surface area (Å²) in [6, 6.07) is 18.4. The first-order valence-electron chi connectivity index (χ1n) is 9.04. The summed E-state index contributed by atoms with van der Waals surface area (Å²) in [5.74, 6) is 1.19. The first kappa shape index (κ1) is 19.0. The van der Waals surface area contributed by atoms with E-state index in [1.54, 1.807) is 22.7 Å². The van der Waals surface area contributed by atoms with Gasteiger partial charge in [-0.05, 0) is 31.7 Å². The number of anilines is 1. The van der Waals surface area contributed by atoms with Crippen molar-refractivity contribution in [3.05, 3.63) is 72.6 Å². The fourth-order valence-electron chi connectivity index (χ4n) is 3.05. The molecule has 0 saturated heterocycles. The van der Waals surface area contributed by atoms with Crippen molar-refractivity contribution >= 4 is 21.6 Å². The maximum Gasteiger partial charge on any atom is 0.254 e. The van der Waals surface area contributed by atoms with Gasteiger partial charge < -0.3 is 5.32 Å². The van der Waals surface area contributed by atoms with Gasteiger partial charge in [0.2, 0.25) is 10.0 Å². The van der Waals surface area contributed by atoms with Crippen LogP contribution in [0.25, 0.3) is 17.0 Å². The molecule has 2 N–H and O–H groups in total. The fourth-order valence-corrected chi connectivity index (χ4v) is 3.83. The Balaban J connectivity index is 1.71. The Morgan fingerprint density at radius 2 is 1.83 bits per heavy atom. The molecule has 1 unspecified atom stereocenters. The molecular weight excluding hydrogens is 388 g/mol. The van der Waals surface area contributed by atoms with E-state index >= 15 is 0 Å². The minimum atomic E-state index is -3.51. The number of sulfonamides is 1. The third kappa shape index (κ3) is 3.82. The van der Waals surface area contributed by atoms with Crippen LogP contribution < -0.4 is 10.0 Å². The molecule has 4 aromatic rings. The van der Waals surface area contributed by atoms with E-state index in [-0.39, 0.29) is 10.9 Å². The van der Waals surface area contributed by atoms with Crippen molar-refractivity contribution in [1.82, 2.24) is 24.3 Å². The van der Waals surface area contributed by atoms with Gasteiger partial charge in [-0.25, -0.2) is 18.1 Å². The van der Waals surface area contributed by atoms with Crippen LogP contribution in [0.5, 0.6) is 0 Å². The van der Waals surface area contributed by atoms with E-state index in [4.69, 9.17) is 0 Å². The maximum absolute atomic E-state index is 12.1. The molecule has 29 heavy (non-hydrogen) atoms. The van der Waals surface area contributed by atoms with Gasteiger partial charge in [-0.15, -0.1) is 0 Å². The normalized spacial score (nSPS) is 12.8. The third-order valence-electron chi connectivity index (χ3n) is 4.62. The summed E-state index contributed by atoms with van der Waals surface area (Å²) in [6.07, 6.45) is 1.45. The minimum absolute atomic E-state index is 0.180. The number of rotatable bonds is 6. The summed E-state index contributed by atoms with van der Waals surface area (Å²) in [7, 11) is -2.11. The lowest BCUT2D eigenvalue weighted by molar-refractivity contribution is 0.588. The Kier molecular flexibility index (Phi) is 4.99. The van der Waals surface area contributed by atoms with E-state index in [1.165, 1.54) is 13.4 Å². The average Bonchev–Trinajstić information content (AvgIpc) is 3.23. The monoisotopic (exact) mass is 408 g/mol. The molecule has 2 aromatic heterocycles. The Labute approximate surface area is 168 Å². The highest BCUT2D eigenvalue weighted by atomic mass is 32.2. The van der Waals surface area contributed by atoms with Crippen molar-refractivity contribution in [2.45, 2.75) is 17.9 Å². The Bertz CT molecular complexity index is 1250. The zero-order valence-electron chi connectivity index (χ0n) is 15.9. The number of nitrogens with one attached hydrogen (secondary N) is 2. The lowest BCUT2D eigenvalue weighted by Crippen LogP contribution is -2.19. The summed E-state index contributed by atoms with van der Waals surface area (Å²) >= 11 is 0. The molecule has 0 saturated carbocycles. The van der Waals surface area contributed by atoms with Crippen LogP contribution in [-0.2, 0) is 10.0 Å². The zero-order valence-corrected chi connectivity index (χ0v) is 16.8. The van der Waals surface area contributed by atoms with Gasteiger partial charge in [-0.2, -0.15) is 14.6 Å². The van der Waals surface area contributed by atoms with Crippen LogP contribution in [0.2, 0.25) is 0 Å². The molecule has 2 heterocycles. The van der Waals surface area contributed by atoms with Crippen LogP contribution in [0.1, 0.15) is 18.5 Å². The molecule has 4 rings (SSSR count). The van der Waals surface area contributed by atoms with Crippen molar-refractivity contribution in [2.24, 2.45) is 0 Å². The van der Waals surface area contributed by atoms with Gasteiger partial charge in [-0.1, -0.05) is 42.5 Å². The van der Waals surface area contributed by atoms with Crippen molar-refractivity contribution < 1.29 is 8.42 Å². The largest absolute Gasteiger partial charge is 0.363 e. The molecule has 0 bridgehead atoms. The number of hydrogen-bond donors (Lipinski definition) is 2. The molecule has 0 aliphatic carbocycles. The van der Waals surface area contributed by atoms with E-state index in [1.807, 2.05) is 49.4 Å². The second-order valence-corrected chi connectivity index (χ2v) is 8.40. The van der Waals surface area contributed by atoms with E-state index < -0.39 is 10.0 Å². The Morgan fingerprint density at radius 1 is 1.03 bits per heavy atom. The molecule has 0 amide bonds. The zero-order chi connectivity index (χ0) is 20.4. The fraction of sp³-hybridized carbons (Fsp3) is 0.150. The van der Waals surface area contributed by atoms with E-state index in [0.29, 0.717) is 11.6 Å². The van der Waals surface area contributed by atoms with Crippen molar-refractivity contribution in [1.29, 1.82) is 0 Å². The molecule has 148 valence electrons. The number of benzene rings is 2. The predicted octanol–water partition coefficient (Wildman–Crippen LogP) is 2.87. The number of aromatic nitrogens is 4. The van der Waals surface area contributed by atoms with Crippen molar-refractivity contribution in [3.8, 4) is 11.3 Å². The first-order valence-corrected chi connectivity index (χ1v) is 10.5. The summed E-state index contributed by atoms with van der Waals surface area (Å²) in [4.78, 5) is 9.00. The highest BCUT2D eigenvalue weighted by Crippen LogP contribution is 2.25. The molecule has 9 heteroatoms. The highest BCUT2D eigenvalue weighted by Gasteiger charge is 2.16. The van der Waals surface area contributed by atoms with Crippen LogP contribution >= 0.6 is 0 Å². The van der Waals surface area contributed by atoms with E-state index in [9.17, 15) is 8.42 Å². The second kappa shape index (κ2) is 7.61. The molecule has 1 atom stereocenters. The molecule has 2 aromatic carbocycles. The molecular formula is C20H20N6O2S. The average molecular weight is 408 g/mol. The highest BCUT2D eigenvalue weighted by molar-refractivity contribution is 7.89. The van der Waals surface area contributed by atoms with Gasteiger partial charge in [0, 0.05) is 17.7 Å². The summed E-state index contributed by atoms with van der Waals surface area (Å²) in [5, 5.41) is 7.64. The van der Waals surface area contributed by atoms with Crippen LogP contribution in [0.4, 0.5) is 5.82 Å². The summed E-state index contributed by atoms with van der Waals surface area (Å²) < 4.78 is 28.2. The third-order valence-corrected chi connectivity index (χ3v) is 6.03. The van der Waals surface area contributed by atoms with Crippen molar-refractivity contribution in [2.75, 3.05) is 12.4 Å². The Morgan fingerprint density at radius 3 is 2.59 bits per heavy atom. The molecule has 0 spiro atoms. The van der Waals surface area contributed by atoms with Gasteiger partial charge in [-0.3, -0.25) is 0 Å². The molecule has 0 radical (unpaired) electrons. The van der Waals surface area contributed by atoms with Gasteiger partial charge in [0.15, 0.2) is 0 Å². The van der Waals surface area contributed by atoms with Crippen LogP contribution in [-0.4, -0.2) is 35.0 Å². The van der Waals surface area contributed by atoms with Gasteiger partial charge in [0.05, 0.1) is 10.6 Å². The first-order chi connectivity index (χ1) is 14.0. The van der Waals surface area contributed by atoms with Gasteiger partial charge >= 0.3 is 0 Å². The second-order valence-electron chi connectivity index (χ2n) is 6.51. The standard InChI is InChI=1S/C20H20N6O2S/c1-14(16-9-6-10-17(11-16)29(27,28)21-2)24-19-12-18(15-7-4-3-5-8-15)25-20-22-13-23-26(19)20/h3-14,21,24H,1-2H3. The quantitative estimate of drug-likeness (QED) is 0.509. The maximum atomic E-state index is 12.1. The van der Waals surface area contributed by atoms with E-state index in [2.05, 4.69) is 25.1 Å². The summed E-state index contributed by atoms with van der Waals surface area (Å²) in [5.41, 5.74) is 2.57. The predicted molar refractivity (Wildman–Crippen MR) is 111 cm³/mol. The molecule has 0 fully saturated rings. The molecule has 0 aliphatic rings. The summed E-state index contributed by atoms with van der Waals surface area (Å²) in [6.45, 7) is 1.95. The smallest absolute Gasteiger partial charge is 0.254 e. The van der Waals surface area contributed by atoms with Crippen LogP contribution in [0, 0.1) is 0 Å². The minimum Gasteiger partial charge on any atom is -0.363 e. The number of hydrogen-bond acceptors (Lipinski definition) is 6. The van der Waals surface area contributed by atoms with Crippen LogP contribution in [0.15, 0.2) is 71.9 Å². The lowest BCUT2D eigenvalue weighted by Gasteiger charge is -2.17. The number of nitrogens with zero attached hydrogens (tertiary/aromatic N) is 4. The van der Waals surface area contributed by atoms with Gasteiger partial charge in [0.1, 0.15) is 12.1 Å². The topological polar surface area (TPSA) is 101 Å². The number of fused-ring (bicyclic) bond motifs is 1. The molecule has 8 nitrogen and oxygen atoms in total. The SMILES string of the molecule is CNS(=O)(=O)c1cccc(C(C)Nc2cc(-c3ccccc3)nc3ncnn23)c1. The van der Waals surface area contributed by atoms with Crippen molar-refractivity contribution in [3.63, 3.8) is 0 Å². The van der Waals surface area contributed by atoms with Gasteiger partial charge in [0.25, 0.3) is 5.78 Å². The van der Waals surface area contributed by atoms with Crippen LogP contribution in [0.3, 0.4) is 0 Å². The molecule has 0 aliphatic heterocycles. The van der Waals surface area contributed by atoms with E-state index in [0.717, 1.165) is 16.8 Å². The Hall–Kier alpha value is -3.30.